The Balaban J connectivity index is 2.29. The number of hydrogen-bond acceptors (Lipinski definition) is 2. The molecule has 0 aliphatic heterocycles. The maximum Gasteiger partial charge on any atom is 0.310 e. The smallest absolute Gasteiger partial charge is 0.310 e. The molecule has 0 spiro atoms. The molecule has 2 aliphatic rings. The standard InChI is InChI=1S/C10H13NO3/c11-8(12)5-10(9(13)14)4-6-1-2-7(10)3-6/h1-2,6-7H,3-5H2,(H2,11,12)(H,13,14). The van der Waals surface area contributed by atoms with Gasteiger partial charge in [-0.15, -0.1) is 0 Å². The number of primary amides is 1. The van der Waals surface area contributed by atoms with Crippen LogP contribution in [-0.2, 0) is 9.59 Å². The van der Waals surface area contributed by atoms with Crippen LogP contribution in [0.4, 0.5) is 0 Å². The molecule has 3 unspecified atom stereocenters. The summed E-state index contributed by atoms with van der Waals surface area (Å²) in [5.41, 5.74) is 4.19. The van der Waals surface area contributed by atoms with E-state index in [2.05, 4.69) is 0 Å². The first-order chi connectivity index (χ1) is 6.54. The van der Waals surface area contributed by atoms with E-state index in [4.69, 9.17) is 5.73 Å². The lowest BCUT2D eigenvalue weighted by molar-refractivity contribution is -0.153. The third-order valence-electron chi connectivity index (χ3n) is 3.42. The fraction of sp³-hybridized carbons (Fsp3) is 0.600. The lowest BCUT2D eigenvalue weighted by Crippen LogP contribution is -2.39. The van der Waals surface area contributed by atoms with Crippen molar-refractivity contribution in [2.45, 2.75) is 19.3 Å². The Labute approximate surface area is 81.8 Å². The van der Waals surface area contributed by atoms with Crippen LogP contribution in [0.1, 0.15) is 19.3 Å². The molecule has 0 saturated heterocycles. The number of carbonyl (C=O) groups is 2. The average molecular weight is 195 g/mol. The zero-order valence-electron chi connectivity index (χ0n) is 7.77. The first kappa shape index (κ1) is 9.24. The zero-order chi connectivity index (χ0) is 10.3. The molecule has 3 atom stereocenters. The summed E-state index contributed by atoms with van der Waals surface area (Å²) in [4.78, 5) is 22.1. The predicted molar refractivity (Wildman–Crippen MR) is 49.2 cm³/mol. The van der Waals surface area contributed by atoms with Gasteiger partial charge in [0.15, 0.2) is 0 Å². The highest BCUT2D eigenvalue weighted by Gasteiger charge is 2.54. The van der Waals surface area contributed by atoms with E-state index in [-0.39, 0.29) is 12.3 Å². The first-order valence-corrected chi connectivity index (χ1v) is 4.74. The third kappa shape index (κ3) is 1.14. The van der Waals surface area contributed by atoms with Gasteiger partial charge in [0.25, 0.3) is 0 Å². The van der Waals surface area contributed by atoms with Crippen LogP contribution in [0.15, 0.2) is 12.2 Å². The van der Waals surface area contributed by atoms with Gasteiger partial charge in [0.2, 0.25) is 5.91 Å². The molecule has 0 radical (unpaired) electrons. The summed E-state index contributed by atoms with van der Waals surface area (Å²) in [6, 6.07) is 0. The molecule has 0 heterocycles. The number of carboxylic acids is 1. The fourth-order valence-corrected chi connectivity index (χ4v) is 2.79. The van der Waals surface area contributed by atoms with Crippen molar-refractivity contribution >= 4 is 11.9 Å². The number of aliphatic carboxylic acids is 1. The van der Waals surface area contributed by atoms with E-state index < -0.39 is 17.3 Å². The predicted octanol–water partition coefficient (Wildman–Crippen LogP) is 0.529. The van der Waals surface area contributed by atoms with Crippen molar-refractivity contribution in [3.05, 3.63) is 12.2 Å². The van der Waals surface area contributed by atoms with Crippen molar-refractivity contribution in [1.82, 2.24) is 0 Å². The summed E-state index contributed by atoms with van der Waals surface area (Å²) in [6.07, 6.45) is 5.36. The fourth-order valence-electron chi connectivity index (χ4n) is 2.79. The van der Waals surface area contributed by atoms with Crippen LogP contribution in [0.25, 0.3) is 0 Å². The molecule has 4 heteroatoms. The molecule has 1 fully saturated rings. The van der Waals surface area contributed by atoms with Gasteiger partial charge >= 0.3 is 5.97 Å². The van der Waals surface area contributed by atoms with Gasteiger partial charge in [-0.2, -0.15) is 0 Å². The molecule has 14 heavy (non-hydrogen) atoms. The summed E-state index contributed by atoms with van der Waals surface area (Å²) in [7, 11) is 0. The Bertz CT molecular complexity index is 323. The second kappa shape index (κ2) is 2.83. The minimum absolute atomic E-state index is 0.00231. The number of allylic oxidation sites excluding steroid dienone is 2. The minimum Gasteiger partial charge on any atom is -0.481 e. The molecule has 1 amide bonds. The Kier molecular flexibility index (Phi) is 1.87. The molecular formula is C10H13NO3. The van der Waals surface area contributed by atoms with E-state index in [9.17, 15) is 14.7 Å². The van der Waals surface area contributed by atoms with Crippen LogP contribution >= 0.6 is 0 Å². The summed E-state index contributed by atoms with van der Waals surface area (Å²) in [6.45, 7) is 0. The largest absolute Gasteiger partial charge is 0.481 e. The highest BCUT2D eigenvalue weighted by molar-refractivity contribution is 5.85. The number of hydrogen-bond donors (Lipinski definition) is 2. The lowest BCUT2D eigenvalue weighted by Gasteiger charge is -2.29. The number of carbonyl (C=O) groups excluding carboxylic acids is 1. The van der Waals surface area contributed by atoms with Crippen molar-refractivity contribution in [2.75, 3.05) is 0 Å². The molecule has 0 aromatic rings. The average Bonchev–Trinajstić information content (AvgIpc) is 2.61. The lowest BCUT2D eigenvalue weighted by atomic mass is 9.73. The van der Waals surface area contributed by atoms with E-state index in [0.29, 0.717) is 12.3 Å². The van der Waals surface area contributed by atoms with E-state index in [1.165, 1.54) is 0 Å². The summed E-state index contributed by atoms with van der Waals surface area (Å²) in [5, 5.41) is 9.19. The van der Waals surface area contributed by atoms with Gasteiger partial charge < -0.3 is 10.8 Å². The second-order valence-electron chi connectivity index (χ2n) is 4.30. The minimum atomic E-state index is -0.911. The Morgan fingerprint density at radius 3 is 2.57 bits per heavy atom. The van der Waals surface area contributed by atoms with Gasteiger partial charge in [0.05, 0.1) is 5.41 Å². The maximum absolute atomic E-state index is 11.2. The van der Waals surface area contributed by atoms with Crippen LogP contribution in [-0.4, -0.2) is 17.0 Å². The SMILES string of the molecule is NC(=O)CC1(C(=O)O)CC2C=CC1C2. The van der Waals surface area contributed by atoms with Gasteiger partial charge in [-0.1, -0.05) is 12.2 Å². The van der Waals surface area contributed by atoms with Gasteiger partial charge in [0.1, 0.15) is 0 Å². The van der Waals surface area contributed by atoms with Gasteiger partial charge in [-0.05, 0) is 24.7 Å². The van der Waals surface area contributed by atoms with Gasteiger partial charge in [-0.25, -0.2) is 0 Å². The molecule has 2 rings (SSSR count). The monoisotopic (exact) mass is 195 g/mol. The molecule has 0 aromatic heterocycles. The molecule has 1 saturated carbocycles. The summed E-state index contributed by atoms with van der Waals surface area (Å²) < 4.78 is 0. The van der Waals surface area contributed by atoms with Crippen molar-refractivity contribution in [2.24, 2.45) is 23.0 Å². The van der Waals surface area contributed by atoms with Crippen LogP contribution < -0.4 is 5.73 Å². The molecule has 0 aromatic carbocycles. The van der Waals surface area contributed by atoms with Crippen molar-refractivity contribution in [3.63, 3.8) is 0 Å². The summed E-state index contributed by atoms with van der Waals surface area (Å²) in [5.74, 6) is -1.07. The van der Waals surface area contributed by atoms with Crippen LogP contribution in [0, 0.1) is 17.3 Å². The third-order valence-corrected chi connectivity index (χ3v) is 3.42. The normalized spacial score (nSPS) is 38.9. The second-order valence-corrected chi connectivity index (χ2v) is 4.30. The number of nitrogens with two attached hydrogens (primary N) is 1. The van der Waals surface area contributed by atoms with Crippen LogP contribution in [0.2, 0.25) is 0 Å². The molecular weight excluding hydrogens is 182 g/mol. The number of carboxylic acid groups (broad SMARTS) is 1. The van der Waals surface area contributed by atoms with Crippen molar-refractivity contribution in [1.29, 1.82) is 0 Å². The van der Waals surface area contributed by atoms with E-state index >= 15 is 0 Å². The van der Waals surface area contributed by atoms with Gasteiger partial charge in [-0.3, -0.25) is 9.59 Å². The Morgan fingerprint density at radius 1 is 1.50 bits per heavy atom. The molecule has 2 aliphatic carbocycles. The maximum atomic E-state index is 11.2. The van der Waals surface area contributed by atoms with Crippen molar-refractivity contribution < 1.29 is 14.7 Å². The Hall–Kier alpha value is -1.32. The highest BCUT2D eigenvalue weighted by atomic mass is 16.4. The van der Waals surface area contributed by atoms with Crippen molar-refractivity contribution in [3.8, 4) is 0 Å². The Morgan fingerprint density at radius 2 is 2.21 bits per heavy atom. The van der Waals surface area contributed by atoms with Crippen LogP contribution in [0.5, 0.6) is 0 Å². The zero-order valence-corrected chi connectivity index (χ0v) is 7.77. The van der Waals surface area contributed by atoms with E-state index in [0.717, 1.165) is 6.42 Å². The van der Waals surface area contributed by atoms with Crippen LogP contribution in [0.3, 0.4) is 0 Å². The molecule has 3 N–H and O–H groups in total. The summed E-state index contributed by atoms with van der Waals surface area (Å²) >= 11 is 0. The first-order valence-electron chi connectivity index (χ1n) is 4.74. The van der Waals surface area contributed by atoms with E-state index in [1.54, 1.807) is 0 Å². The van der Waals surface area contributed by atoms with Gasteiger partial charge in [0, 0.05) is 6.42 Å². The quantitative estimate of drug-likeness (QED) is 0.644. The molecule has 4 nitrogen and oxygen atoms in total. The number of amides is 1. The molecule has 2 bridgehead atoms. The number of fused-ring (bicyclic) bond motifs is 2. The topological polar surface area (TPSA) is 80.4 Å². The highest BCUT2D eigenvalue weighted by Crippen LogP contribution is 2.54. The number of rotatable bonds is 3. The molecule has 76 valence electrons. The van der Waals surface area contributed by atoms with E-state index in [1.807, 2.05) is 12.2 Å².